The second-order valence-corrected chi connectivity index (χ2v) is 7.34. The van der Waals surface area contributed by atoms with Crippen LogP contribution in [0, 0.1) is 0 Å². The van der Waals surface area contributed by atoms with E-state index in [-0.39, 0.29) is 11.2 Å². The summed E-state index contributed by atoms with van der Waals surface area (Å²) in [6, 6.07) is 0. The highest BCUT2D eigenvalue weighted by Gasteiger charge is 2.23. The molecule has 132 valence electrons. The summed E-state index contributed by atoms with van der Waals surface area (Å²) in [5.41, 5.74) is 0. The van der Waals surface area contributed by atoms with Crippen LogP contribution in [0.4, 0.5) is 5.95 Å². The molecule has 9 heteroatoms. The molecular formula is C15H24N6O2S. The Bertz CT molecular complexity index is 665. The second-order valence-electron chi connectivity index (χ2n) is 6.03. The fraction of sp³-hybridized carbons (Fsp3) is 0.733. The fourth-order valence-electron chi connectivity index (χ4n) is 2.50. The standard InChI is InChI=1S/C15H24N6O2S/c1-5-21-14(20-6-8-22-9-7-20)17-18-15(21)24-11(4)13-16-12(10(2)3)19-23-13/h10-11H,5-9H2,1-4H3. The van der Waals surface area contributed by atoms with E-state index in [4.69, 9.17) is 9.26 Å². The van der Waals surface area contributed by atoms with E-state index in [1.807, 2.05) is 6.92 Å². The van der Waals surface area contributed by atoms with E-state index in [1.54, 1.807) is 11.8 Å². The van der Waals surface area contributed by atoms with Crippen molar-refractivity contribution in [2.24, 2.45) is 0 Å². The Balaban J connectivity index is 1.75. The predicted octanol–water partition coefficient (Wildman–Crippen LogP) is 2.49. The van der Waals surface area contributed by atoms with Gasteiger partial charge in [0, 0.05) is 25.6 Å². The Hall–Kier alpha value is -1.61. The third-order valence-electron chi connectivity index (χ3n) is 3.91. The van der Waals surface area contributed by atoms with Crippen LogP contribution in [0.2, 0.25) is 0 Å². The zero-order valence-corrected chi connectivity index (χ0v) is 15.4. The topological polar surface area (TPSA) is 82.1 Å². The maximum Gasteiger partial charge on any atom is 0.239 e. The monoisotopic (exact) mass is 352 g/mol. The van der Waals surface area contributed by atoms with Crippen molar-refractivity contribution in [3.63, 3.8) is 0 Å². The second kappa shape index (κ2) is 7.52. The van der Waals surface area contributed by atoms with E-state index in [0.29, 0.717) is 5.89 Å². The Kier molecular flexibility index (Phi) is 5.40. The molecule has 2 aromatic rings. The summed E-state index contributed by atoms with van der Waals surface area (Å²) in [6.45, 7) is 12.2. The highest BCUT2D eigenvalue weighted by molar-refractivity contribution is 7.99. The van der Waals surface area contributed by atoms with Crippen molar-refractivity contribution >= 4 is 17.7 Å². The first-order valence-electron chi connectivity index (χ1n) is 8.36. The van der Waals surface area contributed by atoms with Crippen LogP contribution in [0.15, 0.2) is 9.68 Å². The van der Waals surface area contributed by atoms with Crippen molar-refractivity contribution in [2.75, 3.05) is 31.2 Å². The molecule has 0 N–H and O–H groups in total. The SMILES string of the molecule is CCn1c(SC(C)c2nc(C(C)C)no2)nnc1N1CCOCC1. The number of hydrogen-bond donors (Lipinski definition) is 0. The zero-order chi connectivity index (χ0) is 17.1. The lowest BCUT2D eigenvalue weighted by atomic mass is 10.2. The molecule has 1 aliphatic heterocycles. The number of hydrogen-bond acceptors (Lipinski definition) is 8. The fourth-order valence-corrected chi connectivity index (χ4v) is 3.44. The Labute approximate surface area is 146 Å². The van der Waals surface area contributed by atoms with Crippen LogP contribution in [0.1, 0.15) is 50.6 Å². The van der Waals surface area contributed by atoms with Crippen molar-refractivity contribution < 1.29 is 9.26 Å². The first-order chi connectivity index (χ1) is 11.6. The molecule has 3 rings (SSSR count). The van der Waals surface area contributed by atoms with Gasteiger partial charge < -0.3 is 14.2 Å². The molecular weight excluding hydrogens is 328 g/mol. The molecule has 24 heavy (non-hydrogen) atoms. The zero-order valence-electron chi connectivity index (χ0n) is 14.6. The Morgan fingerprint density at radius 3 is 2.54 bits per heavy atom. The van der Waals surface area contributed by atoms with Crippen molar-refractivity contribution in [3.05, 3.63) is 11.7 Å². The normalized spacial score (nSPS) is 16.8. The van der Waals surface area contributed by atoms with Crippen LogP contribution in [0.5, 0.6) is 0 Å². The van der Waals surface area contributed by atoms with E-state index in [9.17, 15) is 0 Å². The molecule has 1 atom stereocenters. The minimum absolute atomic E-state index is 0.0250. The Morgan fingerprint density at radius 2 is 1.92 bits per heavy atom. The average molecular weight is 352 g/mol. The molecule has 1 fully saturated rings. The molecule has 0 saturated carbocycles. The van der Waals surface area contributed by atoms with E-state index < -0.39 is 0 Å². The minimum Gasteiger partial charge on any atom is -0.378 e. The summed E-state index contributed by atoms with van der Waals surface area (Å²) in [7, 11) is 0. The van der Waals surface area contributed by atoms with E-state index >= 15 is 0 Å². The lowest BCUT2D eigenvalue weighted by molar-refractivity contribution is 0.121. The molecule has 0 aromatic carbocycles. The van der Waals surface area contributed by atoms with Crippen LogP contribution >= 0.6 is 11.8 Å². The predicted molar refractivity (Wildman–Crippen MR) is 91.4 cm³/mol. The molecule has 2 aromatic heterocycles. The van der Waals surface area contributed by atoms with Crippen molar-refractivity contribution in [1.82, 2.24) is 24.9 Å². The molecule has 0 amide bonds. The molecule has 8 nitrogen and oxygen atoms in total. The highest BCUT2D eigenvalue weighted by atomic mass is 32.2. The van der Waals surface area contributed by atoms with Crippen molar-refractivity contribution in [2.45, 2.75) is 50.6 Å². The lowest BCUT2D eigenvalue weighted by Gasteiger charge is -2.27. The third kappa shape index (κ3) is 3.56. The maximum absolute atomic E-state index is 5.41. The summed E-state index contributed by atoms with van der Waals surface area (Å²) in [4.78, 5) is 6.70. The van der Waals surface area contributed by atoms with Crippen molar-refractivity contribution in [3.8, 4) is 0 Å². The summed E-state index contributed by atoms with van der Waals surface area (Å²) < 4.78 is 12.9. The number of aromatic nitrogens is 5. The Morgan fingerprint density at radius 1 is 1.17 bits per heavy atom. The molecule has 0 bridgehead atoms. The van der Waals surface area contributed by atoms with Gasteiger partial charge in [0.25, 0.3) is 0 Å². The van der Waals surface area contributed by atoms with Gasteiger partial charge in [0.2, 0.25) is 11.8 Å². The van der Waals surface area contributed by atoms with Gasteiger partial charge in [-0.3, -0.25) is 4.57 Å². The summed E-state index contributed by atoms with van der Waals surface area (Å²) in [5.74, 6) is 2.53. The van der Waals surface area contributed by atoms with Gasteiger partial charge in [0.15, 0.2) is 11.0 Å². The van der Waals surface area contributed by atoms with Crippen LogP contribution < -0.4 is 4.90 Å². The van der Waals surface area contributed by atoms with Crippen molar-refractivity contribution in [1.29, 1.82) is 0 Å². The smallest absolute Gasteiger partial charge is 0.239 e. The minimum atomic E-state index is 0.0250. The van der Waals surface area contributed by atoms with E-state index in [2.05, 4.69) is 50.6 Å². The number of anilines is 1. The molecule has 0 radical (unpaired) electrons. The van der Waals surface area contributed by atoms with Gasteiger partial charge in [0.1, 0.15) is 0 Å². The number of nitrogens with zero attached hydrogens (tertiary/aromatic N) is 6. The van der Waals surface area contributed by atoms with Gasteiger partial charge in [-0.15, -0.1) is 10.2 Å². The third-order valence-corrected chi connectivity index (χ3v) is 4.98. The number of ether oxygens (including phenoxy) is 1. The lowest BCUT2D eigenvalue weighted by Crippen LogP contribution is -2.38. The van der Waals surface area contributed by atoms with Gasteiger partial charge in [0.05, 0.1) is 18.5 Å². The molecule has 3 heterocycles. The molecule has 0 aliphatic carbocycles. The van der Waals surface area contributed by atoms with E-state index in [1.165, 1.54) is 0 Å². The van der Waals surface area contributed by atoms with Gasteiger partial charge in [-0.1, -0.05) is 30.8 Å². The summed E-state index contributed by atoms with van der Waals surface area (Å²) in [6.07, 6.45) is 0. The van der Waals surface area contributed by atoms with Gasteiger partial charge in [-0.25, -0.2) is 0 Å². The molecule has 1 saturated heterocycles. The maximum atomic E-state index is 5.41. The average Bonchev–Trinajstić information content (AvgIpc) is 3.22. The summed E-state index contributed by atoms with van der Waals surface area (Å²) in [5, 5.41) is 13.7. The van der Waals surface area contributed by atoms with Crippen LogP contribution in [-0.2, 0) is 11.3 Å². The van der Waals surface area contributed by atoms with Gasteiger partial charge >= 0.3 is 0 Å². The largest absolute Gasteiger partial charge is 0.378 e. The van der Waals surface area contributed by atoms with E-state index in [0.717, 1.165) is 49.8 Å². The van der Waals surface area contributed by atoms with Crippen LogP contribution in [0.25, 0.3) is 0 Å². The van der Waals surface area contributed by atoms with Gasteiger partial charge in [-0.05, 0) is 13.8 Å². The number of morpholine rings is 1. The van der Waals surface area contributed by atoms with Gasteiger partial charge in [-0.2, -0.15) is 4.98 Å². The number of rotatable bonds is 6. The first-order valence-corrected chi connectivity index (χ1v) is 9.24. The molecule has 1 unspecified atom stereocenters. The quantitative estimate of drug-likeness (QED) is 0.734. The number of thioether (sulfide) groups is 1. The highest BCUT2D eigenvalue weighted by Crippen LogP contribution is 2.34. The molecule has 0 spiro atoms. The van der Waals surface area contributed by atoms with Crippen LogP contribution in [0.3, 0.4) is 0 Å². The first kappa shape index (κ1) is 17.2. The summed E-state index contributed by atoms with van der Waals surface area (Å²) >= 11 is 1.59. The van der Waals surface area contributed by atoms with Crippen LogP contribution in [-0.4, -0.2) is 51.2 Å². The molecule has 1 aliphatic rings.